The summed E-state index contributed by atoms with van der Waals surface area (Å²) in [7, 11) is 0. The molecular weight excluding hydrogens is 366 g/mol. The van der Waals surface area contributed by atoms with Gasteiger partial charge in [0.25, 0.3) is 5.56 Å². The molecule has 0 aliphatic carbocycles. The minimum absolute atomic E-state index is 0.155. The molecule has 0 fully saturated rings. The number of aromatic nitrogens is 3. The summed E-state index contributed by atoms with van der Waals surface area (Å²) in [4.78, 5) is 24.6. The molecule has 9 heteroatoms. The zero-order chi connectivity index (χ0) is 19.4. The van der Waals surface area contributed by atoms with Crippen LogP contribution in [0.4, 0.5) is 5.69 Å². The van der Waals surface area contributed by atoms with Crippen LogP contribution in [-0.4, -0.2) is 27.3 Å². The number of hydrogen-bond donors (Lipinski definition) is 2. The van der Waals surface area contributed by atoms with Gasteiger partial charge >= 0.3 is 5.97 Å². The van der Waals surface area contributed by atoms with Crippen LogP contribution in [0.25, 0.3) is 22.7 Å². The van der Waals surface area contributed by atoms with Gasteiger partial charge in [0.15, 0.2) is 5.57 Å². The van der Waals surface area contributed by atoms with Crippen molar-refractivity contribution in [1.82, 2.24) is 14.8 Å². The zero-order valence-electron chi connectivity index (χ0n) is 14.8. The van der Waals surface area contributed by atoms with Gasteiger partial charge in [-0.15, -0.1) is 11.3 Å². The van der Waals surface area contributed by atoms with Crippen molar-refractivity contribution in [3.05, 3.63) is 43.9 Å². The highest BCUT2D eigenvalue weighted by Gasteiger charge is 2.16. The van der Waals surface area contributed by atoms with Gasteiger partial charge in [0.05, 0.1) is 18.3 Å². The molecule has 0 atom stereocenters. The van der Waals surface area contributed by atoms with E-state index < -0.39 is 5.97 Å². The van der Waals surface area contributed by atoms with Crippen molar-refractivity contribution in [2.75, 3.05) is 11.9 Å². The molecule has 2 N–H and O–H groups in total. The number of anilines is 1. The highest BCUT2D eigenvalue weighted by molar-refractivity contribution is 7.07. The number of ether oxygens (including phenoxy) is 1. The molecule has 0 aliphatic heterocycles. The van der Waals surface area contributed by atoms with Crippen molar-refractivity contribution < 1.29 is 9.53 Å². The predicted octanol–water partition coefficient (Wildman–Crippen LogP) is 0.893. The Bertz CT molecular complexity index is 1210. The van der Waals surface area contributed by atoms with Crippen LogP contribution in [0.5, 0.6) is 0 Å². The van der Waals surface area contributed by atoms with E-state index in [0.717, 1.165) is 27.9 Å². The van der Waals surface area contributed by atoms with Gasteiger partial charge in [0, 0.05) is 23.8 Å². The number of nitriles is 1. The summed E-state index contributed by atoms with van der Waals surface area (Å²) < 4.78 is 6.99. The number of H-pyrrole nitrogens is 1. The summed E-state index contributed by atoms with van der Waals surface area (Å²) in [5, 5.41) is 20.3. The number of carbonyl (C=O) groups excluding carboxylic acids is 1. The second-order valence-electron chi connectivity index (χ2n) is 5.49. The highest BCUT2D eigenvalue weighted by Crippen LogP contribution is 2.16. The fourth-order valence-electron chi connectivity index (χ4n) is 2.55. The molecule has 0 aliphatic rings. The number of nitrogens with one attached hydrogen (secondary N) is 2. The lowest BCUT2D eigenvalue weighted by atomic mass is 10.2. The third kappa shape index (κ3) is 3.61. The molecular formula is C18H17N5O3S. The Balaban J connectivity index is 2.07. The second kappa shape index (κ2) is 7.88. The van der Waals surface area contributed by atoms with Crippen molar-refractivity contribution >= 4 is 45.7 Å². The zero-order valence-corrected chi connectivity index (χ0v) is 15.6. The van der Waals surface area contributed by atoms with Gasteiger partial charge in [-0.1, -0.05) is 0 Å². The standard InChI is InChI=1S/C18H17N5O3S/c1-3-23-16(24)15(27-17(23)13(8-19)18(25)26-4-2)10-20-12-6-5-11-9-21-22-14(11)7-12/h5-7,9-10,20H,3-4H2,1-2H3,(H,21,22)/b15-10-,17-13-. The van der Waals surface area contributed by atoms with Crippen LogP contribution >= 0.6 is 11.3 Å². The molecule has 0 radical (unpaired) electrons. The molecule has 0 amide bonds. The first-order chi connectivity index (χ1) is 13.1. The molecule has 0 unspecified atom stereocenters. The van der Waals surface area contributed by atoms with Gasteiger partial charge in [0.2, 0.25) is 0 Å². The van der Waals surface area contributed by atoms with Crippen LogP contribution in [0, 0.1) is 11.3 Å². The molecule has 8 nitrogen and oxygen atoms in total. The van der Waals surface area contributed by atoms with Gasteiger partial charge in [-0.05, 0) is 32.0 Å². The van der Waals surface area contributed by atoms with E-state index in [1.54, 1.807) is 26.2 Å². The minimum Gasteiger partial charge on any atom is -0.462 e. The van der Waals surface area contributed by atoms with E-state index in [4.69, 9.17) is 4.74 Å². The molecule has 2 heterocycles. The lowest BCUT2D eigenvalue weighted by Gasteiger charge is -2.00. The summed E-state index contributed by atoms with van der Waals surface area (Å²) in [6, 6.07) is 7.50. The van der Waals surface area contributed by atoms with Gasteiger partial charge < -0.3 is 10.1 Å². The van der Waals surface area contributed by atoms with Crippen molar-refractivity contribution in [2.45, 2.75) is 20.4 Å². The maximum absolute atomic E-state index is 12.6. The molecule has 138 valence electrons. The minimum atomic E-state index is -0.729. The fourth-order valence-corrected chi connectivity index (χ4v) is 3.63. The normalized spacial score (nSPS) is 12.7. The number of rotatable bonds is 5. The Morgan fingerprint density at radius 1 is 1.48 bits per heavy atom. The SMILES string of the molecule is CCOC(=O)/C(C#N)=c1\s/c(=C\Nc2ccc3cn[nH]c3c2)c(=O)n1CC. The highest BCUT2D eigenvalue weighted by atomic mass is 32.1. The number of aromatic amines is 1. The van der Waals surface area contributed by atoms with Gasteiger partial charge in [0.1, 0.15) is 15.3 Å². The maximum Gasteiger partial charge on any atom is 0.351 e. The third-order valence-electron chi connectivity index (χ3n) is 3.84. The summed E-state index contributed by atoms with van der Waals surface area (Å²) in [5.41, 5.74) is 1.21. The predicted molar refractivity (Wildman–Crippen MR) is 103 cm³/mol. The van der Waals surface area contributed by atoms with Crippen LogP contribution in [0.15, 0.2) is 29.2 Å². The lowest BCUT2D eigenvalue weighted by Crippen LogP contribution is -2.32. The van der Waals surface area contributed by atoms with Gasteiger partial charge in [-0.2, -0.15) is 10.4 Å². The van der Waals surface area contributed by atoms with E-state index in [1.807, 2.05) is 24.3 Å². The second-order valence-corrected chi connectivity index (χ2v) is 6.52. The maximum atomic E-state index is 12.6. The summed E-state index contributed by atoms with van der Waals surface area (Å²) in [6.45, 7) is 3.93. The fraction of sp³-hybridized carbons (Fsp3) is 0.222. The van der Waals surface area contributed by atoms with Crippen molar-refractivity contribution in [2.24, 2.45) is 0 Å². The van der Waals surface area contributed by atoms with Gasteiger partial charge in [-0.3, -0.25) is 14.5 Å². The molecule has 27 heavy (non-hydrogen) atoms. The Kier molecular flexibility index (Phi) is 5.38. The first-order valence-electron chi connectivity index (χ1n) is 8.30. The van der Waals surface area contributed by atoms with Crippen molar-refractivity contribution in [3.63, 3.8) is 0 Å². The van der Waals surface area contributed by atoms with E-state index in [0.29, 0.717) is 15.7 Å². The van der Waals surface area contributed by atoms with Crippen LogP contribution in [0.1, 0.15) is 13.8 Å². The summed E-state index contributed by atoms with van der Waals surface area (Å²) in [6.07, 6.45) is 3.29. The van der Waals surface area contributed by atoms with E-state index in [2.05, 4.69) is 15.5 Å². The molecule has 3 aromatic rings. The number of esters is 1. The molecule has 2 aromatic heterocycles. The molecule has 0 saturated heterocycles. The van der Waals surface area contributed by atoms with Crippen LogP contribution in [0.3, 0.4) is 0 Å². The van der Waals surface area contributed by atoms with Gasteiger partial charge in [-0.25, -0.2) is 4.79 Å². The lowest BCUT2D eigenvalue weighted by molar-refractivity contribution is -0.136. The number of carbonyl (C=O) groups is 1. The Morgan fingerprint density at radius 3 is 3.00 bits per heavy atom. The average Bonchev–Trinajstić information content (AvgIpc) is 3.25. The van der Waals surface area contributed by atoms with Crippen LogP contribution in [0.2, 0.25) is 0 Å². The quantitative estimate of drug-likeness (QED) is 0.633. The Labute approximate surface area is 158 Å². The number of hydrogen-bond acceptors (Lipinski definition) is 7. The molecule has 0 saturated carbocycles. The summed E-state index contributed by atoms with van der Waals surface area (Å²) in [5.74, 6) is -0.729. The number of benzene rings is 1. The Morgan fingerprint density at radius 2 is 2.30 bits per heavy atom. The van der Waals surface area contributed by atoms with Crippen LogP contribution < -0.4 is 20.1 Å². The summed E-state index contributed by atoms with van der Waals surface area (Å²) >= 11 is 1.07. The Hall–Kier alpha value is -3.38. The smallest absolute Gasteiger partial charge is 0.351 e. The van der Waals surface area contributed by atoms with Crippen LogP contribution in [-0.2, 0) is 16.1 Å². The van der Waals surface area contributed by atoms with E-state index in [9.17, 15) is 14.9 Å². The van der Waals surface area contributed by atoms with Crippen molar-refractivity contribution in [1.29, 1.82) is 5.26 Å². The average molecular weight is 383 g/mol. The number of thiazole rings is 1. The molecule has 1 aromatic carbocycles. The molecule has 0 spiro atoms. The van der Waals surface area contributed by atoms with E-state index in [-0.39, 0.29) is 17.7 Å². The van der Waals surface area contributed by atoms with E-state index >= 15 is 0 Å². The molecule has 0 bridgehead atoms. The van der Waals surface area contributed by atoms with E-state index in [1.165, 1.54) is 4.57 Å². The van der Waals surface area contributed by atoms with Crippen molar-refractivity contribution in [3.8, 4) is 6.07 Å². The first-order valence-corrected chi connectivity index (χ1v) is 9.11. The largest absolute Gasteiger partial charge is 0.462 e. The number of fused-ring (bicyclic) bond motifs is 1. The third-order valence-corrected chi connectivity index (χ3v) is 4.97. The first kappa shape index (κ1) is 18.4. The monoisotopic (exact) mass is 383 g/mol. The molecule has 3 rings (SSSR count). The topological polar surface area (TPSA) is 113 Å². The number of nitrogens with zero attached hydrogens (tertiary/aromatic N) is 3.